The maximum absolute atomic E-state index is 13.0. The van der Waals surface area contributed by atoms with Crippen LogP contribution in [0.25, 0.3) is 0 Å². The van der Waals surface area contributed by atoms with Crippen molar-refractivity contribution in [3.8, 4) is 5.75 Å². The Labute approximate surface area is 185 Å². The number of rotatable bonds is 2. The van der Waals surface area contributed by atoms with Gasteiger partial charge in [0.25, 0.3) is 0 Å². The Kier molecular flexibility index (Phi) is 5.49. The van der Waals surface area contributed by atoms with Crippen LogP contribution in [0, 0.1) is 6.92 Å². The first kappa shape index (κ1) is 19.7. The summed E-state index contributed by atoms with van der Waals surface area (Å²) in [5.41, 5.74) is 3.11. The number of hydrogen-bond donors (Lipinski definition) is 3. The summed E-state index contributed by atoms with van der Waals surface area (Å²) in [7, 11) is 0. The first-order valence-corrected chi connectivity index (χ1v) is 8.53. The van der Waals surface area contributed by atoms with E-state index in [0.29, 0.717) is 22.5 Å². The number of thiol groups is 1. The van der Waals surface area contributed by atoms with Gasteiger partial charge in [-0.05, 0) is 36.8 Å². The molecule has 0 unspecified atom stereocenters. The second kappa shape index (κ2) is 7.52. The molecule has 0 radical (unpaired) electrons. The third kappa shape index (κ3) is 3.32. The number of aryl methyl sites for hydroxylation is 1. The smallest absolute Gasteiger partial charge is 1.00 e. The first-order chi connectivity index (χ1) is 12.5. The average Bonchev–Trinajstić information content (AvgIpc) is 2.63. The molecule has 27 heavy (non-hydrogen) atoms. The van der Waals surface area contributed by atoms with Crippen molar-refractivity contribution in [1.29, 1.82) is 0 Å². The van der Waals surface area contributed by atoms with E-state index in [2.05, 4.69) is 17.9 Å². The van der Waals surface area contributed by atoms with Crippen LogP contribution in [-0.2, 0) is 0 Å². The Morgan fingerprint density at radius 3 is 2.11 bits per heavy atom. The molecule has 4 rings (SSSR count). The summed E-state index contributed by atoms with van der Waals surface area (Å²) in [6.07, 6.45) is 0. The molecule has 4 nitrogen and oxygen atoms in total. The van der Waals surface area contributed by atoms with Gasteiger partial charge in [-0.25, -0.2) is 0 Å². The molecule has 6 heteroatoms. The number of ketones is 2. The molecule has 3 aromatic rings. The van der Waals surface area contributed by atoms with Crippen molar-refractivity contribution < 1.29 is 45.7 Å². The molecule has 0 spiro atoms. The largest absolute Gasteiger partial charge is 1.00 e. The fraction of sp³-hybridized carbons (Fsp3) is 0.0476. The van der Waals surface area contributed by atoms with Crippen molar-refractivity contribution in [2.24, 2.45) is 0 Å². The van der Waals surface area contributed by atoms with Crippen LogP contribution in [-0.4, -0.2) is 16.7 Å². The third-order valence-corrected chi connectivity index (χ3v) is 4.85. The molecule has 0 atom stereocenters. The molecule has 0 fully saturated rings. The molecule has 0 heterocycles. The minimum Gasteiger partial charge on any atom is -1.00 e. The second-order valence-corrected chi connectivity index (χ2v) is 6.71. The van der Waals surface area contributed by atoms with Crippen molar-refractivity contribution in [3.63, 3.8) is 0 Å². The fourth-order valence-electron chi connectivity index (χ4n) is 3.20. The first-order valence-electron chi connectivity index (χ1n) is 8.08. The molecular weight excluding hydrogens is 369 g/mol. The van der Waals surface area contributed by atoms with E-state index in [4.69, 9.17) is 0 Å². The van der Waals surface area contributed by atoms with Gasteiger partial charge in [0, 0.05) is 16.0 Å². The fourth-order valence-corrected chi connectivity index (χ4v) is 3.54. The van der Waals surface area contributed by atoms with Crippen LogP contribution in [0.4, 0.5) is 11.4 Å². The zero-order valence-electron chi connectivity index (χ0n) is 15.9. The van der Waals surface area contributed by atoms with E-state index in [1.807, 2.05) is 25.1 Å². The molecule has 0 aliphatic heterocycles. The summed E-state index contributed by atoms with van der Waals surface area (Å²) in [6, 6.07) is 15.4. The molecular formula is C21H16NNaO3S. The SMILES string of the molecule is Cc1ccc(Nc2ccc(O)c3c2C(=O)c2ccccc2C3=O)c(S)c1.[H-].[Na+]. The molecule has 130 valence electrons. The summed E-state index contributed by atoms with van der Waals surface area (Å²) in [5.74, 6) is -0.846. The number of phenols is 1. The minimum absolute atomic E-state index is 0. The summed E-state index contributed by atoms with van der Waals surface area (Å²) in [5, 5.41) is 13.4. The predicted molar refractivity (Wildman–Crippen MR) is 104 cm³/mol. The predicted octanol–water partition coefficient (Wildman–Crippen LogP) is 1.62. The van der Waals surface area contributed by atoms with Gasteiger partial charge in [-0.1, -0.05) is 30.3 Å². The van der Waals surface area contributed by atoms with E-state index in [0.717, 1.165) is 10.5 Å². The van der Waals surface area contributed by atoms with Crippen molar-refractivity contribution >= 4 is 35.6 Å². The number of fused-ring (bicyclic) bond motifs is 2. The number of phenolic OH excluding ortho intramolecular Hbond substituents is 1. The Bertz CT molecular complexity index is 1100. The zero-order valence-corrected chi connectivity index (χ0v) is 17.8. The van der Waals surface area contributed by atoms with Crippen LogP contribution >= 0.6 is 12.6 Å². The number of anilines is 2. The van der Waals surface area contributed by atoms with E-state index in [-0.39, 0.29) is 59.4 Å². The van der Waals surface area contributed by atoms with Gasteiger partial charge in [-0.2, -0.15) is 0 Å². The van der Waals surface area contributed by atoms with Gasteiger partial charge in [-0.15, -0.1) is 12.6 Å². The molecule has 0 bridgehead atoms. The normalized spacial score (nSPS) is 12.1. The van der Waals surface area contributed by atoms with Gasteiger partial charge in [0.1, 0.15) is 5.75 Å². The van der Waals surface area contributed by atoms with Crippen molar-refractivity contribution in [1.82, 2.24) is 0 Å². The van der Waals surface area contributed by atoms with Crippen LogP contribution in [0.2, 0.25) is 0 Å². The number of nitrogens with one attached hydrogen (secondary N) is 1. The molecule has 0 amide bonds. The molecule has 2 N–H and O–H groups in total. The van der Waals surface area contributed by atoms with Crippen LogP contribution < -0.4 is 34.9 Å². The number of carbonyl (C=O) groups excluding carboxylic acids is 2. The summed E-state index contributed by atoms with van der Waals surface area (Å²) >= 11 is 4.47. The maximum Gasteiger partial charge on any atom is 1.00 e. The van der Waals surface area contributed by atoms with Crippen LogP contribution in [0.5, 0.6) is 5.75 Å². The zero-order chi connectivity index (χ0) is 18.4. The molecule has 0 aromatic heterocycles. The molecule has 3 aromatic carbocycles. The van der Waals surface area contributed by atoms with Crippen molar-refractivity contribution in [2.75, 3.05) is 5.32 Å². The quantitative estimate of drug-likeness (QED) is 0.279. The van der Waals surface area contributed by atoms with Gasteiger partial charge in [-0.3, -0.25) is 9.59 Å². The van der Waals surface area contributed by atoms with E-state index < -0.39 is 0 Å². The molecule has 0 saturated heterocycles. The molecule has 0 saturated carbocycles. The van der Waals surface area contributed by atoms with Crippen LogP contribution in [0.15, 0.2) is 59.5 Å². The maximum atomic E-state index is 13.0. The third-order valence-electron chi connectivity index (χ3n) is 4.48. The van der Waals surface area contributed by atoms with Gasteiger partial charge >= 0.3 is 29.6 Å². The monoisotopic (exact) mass is 385 g/mol. The van der Waals surface area contributed by atoms with E-state index >= 15 is 0 Å². The van der Waals surface area contributed by atoms with Crippen LogP contribution in [0.3, 0.4) is 0 Å². The molecule has 1 aliphatic rings. The molecule has 1 aliphatic carbocycles. The second-order valence-electron chi connectivity index (χ2n) is 6.23. The van der Waals surface area contributed by atoms with Gasteiger partial charge in [0.05, 0.1) is 22.5 Å². The number of benzene rings is 3. The topological polar surface area (TPSA) is 66.4 Å². The van der Waals surface area contributed by atoms with Crippen molar-refractivity contribution in [2.45, 2.75) is 11.8 Å². The average molecular weight is 385 g/mol. The number of hydrogen-bond acceptors (Lipinski definition) is 5. The Morgan fingerprint density at radius 2 is 1.48 bits per heavy atom. The Balaban J connectivity index is 0.00000140. The Morgan fingerprint density at radius 1 is 0.889 bits per heavy atom. The van der Waals surface area contributed by atoms with Gasteiger partial charge in [0.2, 0.25) is 0 Å². The summed E-state index contributed by atoms with van der Waals surface area (Å²) < 4.78 is 0. The van der Waals surface area contributed by atoms with E-state index in [1.54, 1.807) is 30.3 Å². The standard InChI is InChI=1S/C21H15NO3S.Na.H/c1-11-6-7-14(17(26)10-11)22-15-8-9-16(23)19-18(15)20(24)12-4-2-3-5-13(12)21(19)25;;/h2-10,22-23,26H,1H3;;/q;+1;-1. The van der Waals surface area contributed by atoms with Crippen molar-refractivity contribution in [3.05, 3.63) is 82.4 Å². The van der Waals surface area contributed by atoms with E-state index in [9.17, 15) is 14.7 Å². The Hall–Kier alpha value is -2.05. The van der Waals surface area contributed by atoms with Gasteiger partial charge < -0.3 is 11.8 Å². The minimum atomic E-state index is -0.355. The van der Waals surface area contributed by atoms with E-state index in [1.165, 1.54) is 6.07 Å². The van der Waals surface area contributed by atoms with Crippen LogP contribution in [0.1, 0.15) is 38.8 Å². The summed E-state index contributed by atoms with van der Waals surface area (Å²) in [4.78, 5) is 26.6. The number of carbonyl (C=O) groups is 2. The summed E-state index contributed by atoms with van der Waals surface area (Å²) in [6.45, 7) is 1.96. The number of aromatic hydroxyl groups is 1. The van der Waals surface area contributed by atoms with Gasteiger partial charge in [0.15, 0.2) is 11.6 Å².